The number of nitrogens with one attached hydrogen (secondary N) is 1. The van der Waals surface area contributed by atoms with Crippen molar-refractivity contribution in [2.24, 2.45) is 0 Å². The molecule has 1 amide bonds. The molecule has 0 aliphatic carbocycles. The van der Waals surface area contributed by atoms with Gasteiger partial charge in [0.15, 0.2) is 0 Å². The summed E-state index contributed by atoms with van der Waals surface area (Å²) in [6, 6.07) is 12.9. The molecule has 1 aromatic carbocycles. The number of hydrogen-bond acceptors (Lipinski definition) is 4. The minimum atomic E-state index is -0.351. The normalized spacial score (nSPS) is 12.1. The average molecular weight is 342 g/mol. The number of hydrogen-bond donors (Lipinski definition) is 2. The zero-order chi connectivity index (χ0) is 15.1. The van der Waals surface area contributed by atoms with Gasteiger partial charge in [0, 0.05) is 10.6 Å². The monoisotopic (exact) mass is 341 g/mol. The van der Waals surface area contributed by atoms with E-state index in [4.69, 9.17) is 11.6 Å². The first kappa shape index (κ1) is 16.4. The highest BCUT2D eigenvalue weighted by Gasteiger charge is 2.13. The number of thiophene rings is 1. The topological polar surface area (TPSA) is 49.3 Å². The van der Waals surface area contributed by atoms with Gasteiger partial charge in [-0.25, -0.2) is 0 Å². The van der Waals surface area contributed by atoms with Gasteiger partial charge >= 0.3 is 0 Å². The molecule has 112 valence electrons. The largest absolute Gasteiger partial charge is 0.394 e. The van der Waals surface area contributed by atoms with Crippen LogP contribution in [-0.4, -0.2) is 23.4 Å². The van der Waals surface area contributed by atoms with Crippen molar-refractivity contribution in [2.45, 2.75) is 11.8 Å². The molecule has 0 bridgehead atoms. The molecular weight excluding hydrogens is 326 g/mol. The molecule has 6 heteroatoms. The van der Waals surface area contributed by atoms with Crippen molar-refractivity contribution in [3.8, 4) is 0 Å². The maximum absolute atomic E-state index is 11.9. The second kappa shape index (κ2) is 8.44. The van der Waals surface area contributed by atoms with E-state index in [-0.39, 0.29) is 18.6 Å². The highest BCUT2D eigenvalue weighted by molar-refractivity contribution is 7.99. The lowest BCUT2D eigenvalue weighted by Gasteiger charge is -2.16. The Balaban J connectivity index is 1.78. The quantitative estimate of drug-likeness (QED) is 0.810. The standard InChI is InChI=1S/C15H16ClNO2S2/c16-14-7-6-12(21-14)9-20-10-15(19)17-13(8-18)11-4-2-1-3-5-11/h1-7,13,18H,8-10H2,(H,17,19)/t13-/m1/s1. The van der Waals surface area contributed by atoms with E-state index in [2.05, 4.69) is 5.32 Å². The minimum absolute atomic E-state index is 0.0782. The summed E-state index contributed by atoms with van der Waals surface area (Å²) in [5.74, 6) is 1.05. The fraction of sp³-hybridized carbons (Fsp3) is 0.267. The average Bonchev–Trinajstić information content (AvgIpc) is 2.91. The molecule has 0 spiro atoms. The van der Waals surface area contributed by atoms with Gasteiger partial charge in [0.25, 0.3) is 0 Å². The van der Waals surface area contributed by atoms with E-state index < -0.39 is 0 Å². The first-order valence-electron chi connectivity index (χ1n) is 6.46. The fourth-order valence-electron chi connectivity index (χ4n) is 1.83. The molecule has 0 radical (unpaired) electrons. The Bertz CT molecular complexity index is 574. The first-order chi connectivity index (χ1) is 10.2. The van der Waals surface area contributed by atoms with Crippen LogP contribution in [0.15, 0.2) is 42.5 Å². The predicted octanol–water partition coefficient (Wildman–Crippen LogP) is 3.48. The van der Waals surface area contributed by atoms with E-state index >= 15 is 0 Å². The maximum Gasteiger partial charge on any atom is 0.230 e. The van der Waals surface area contributed by atoms with Gasteiger partial charge in [-0.3, -0.25) is 4.79 Å². The predicted molar refractivity (Wildman–Crippen MR) is 89.9 cm³/mol. The van der Waals surface area contributed by atoms with Crippen LogP contribution in [0.1, 0.15) is 16.5 Å². The highest BCUT2D eigenvalue weighted by atomic mass is 35.5. The lowest BCUT2D eigenvalue weighted by molar-refractivity contribution is -0.119. The number of carbonyl (C=O) groups excluding carboxylic acids is 1. The van der Waals surface area contributed by atoms with Crippen molar-refractivity contribution in [1.82, 2.24) is 5.32 Å². The Kier molecular flexibility index (Phi) is 6.57. The summed E-state index contributed by atoms with van der Waals surface area (Å²) in [5.41, 5.74) is 0.906. The number of halogens is 1. The van der Waals surface area contributed by atoms with Crippen LogP contribution < -0.4 is 5.32 Å². The molecule has 21 heavy (non-hydrogen) atoms. The van der Waals surface area contributed by atoms with Crippen LogP contribution in [0.3, 0.4) is 0 Å². The summed E-state index contributed by atoms with van der Waals surface area (Å²) >= 11 is 8.92. The van der Waals surface area contributed by atoms with Crippen LogP contribution in [0.2, 0.25) is 4.34 Å². The maximum atomic E-state index is 11.9. The number of rotatable bonds is 7. The van der Waals surface area contributed by atoms with Crippen molar-refractivity contribution in [3.05, 3.63) is 57.2 Å². The molecule has 2 aromatic rings. The van der Waals surface area contributed by atoms with E-state index in [1.165, 1.54) is 23.1 Å². The summed E-state index contributed by atoms with van der Waals surface area (Å²) in [6.07, 6.45) is 0. The Morgan fingerprint density at radius 2 is 2.05 bits per heavy atom. The third kappa shape index (κ3) is 5.36. The zero-order valence-electron chi connectivity index (χ0n) is 11.3. The van der Waals surface area contributed by atoms with Crippen LogP contribution in [0, 0.1) is 0 Å². The zero-order valence-corrected chi connectivity index (χ0v) is 13.7. The lowest BCUT2D eigenvalue weighted by Crippen LogP contribution is -2.32. The lowest BCUT2D eigenvalue weighted by atomic mass is 10.1. The van der Waals surface area contributed by atoms with E-state index in [0.29, 0.717) is 5.75 Å². The van der Waals surface area contributed by atoms with E-state index in [1.54, 1.807) is 0 Å². The molecule has 0 saturated carbocycles. The summed E-state index contributed by atoms with van der Waals surface area (Å²) in [7, 11) is 0. The Hall–Kier alpha value is -1.01. The summed E-state index contributed by atoms with van der Waals surface area (Å²) < 4.78 is 0.763. The molecule has 0 saturated heterocycles. The molecule has 0 aliphatic rings. The van der Waals surface area contributed by atoms with Crippen molar-refractivity contribution < 1.29 is 9.90 Å². The second-order valence-corrected chi connectivity index (χ2v) is 7.20. The molecule has 1 aromatic heterocycles. The van der Waals surface area contributed by atoms with Gasteiger partial charge in [0.1, 0.15) is 0 Å². The van der Waals surface area contributed by atoms with Crippen LogP contribution in [0.25, 0.3) is 0 Å². The Labute approximate surface area is 137 Å². The van der Waals surface area contributed by atoms with Crippen LogP contribution in [0.4, 0.5) is 0 Å². The van der Waals surface area contributed by atoms with Gasteiger partial charge in [-0.15, -0.1) is 23.1 Å². The van der Waals surface area contributed by atoms with E-state index in [0.717, 1.165) is 20.5 Å². The van der Waals surface area contributed by atoms with E-state index in [9.17, 15) is 9.90 Å². The third-order valence-electron chi connectivity index (χ3n) is 2.83. The number of amides is 1. The molecule has 0 aliphatic heterocycles. The van der Waals surface area contributed by atoms with Gasteiger partial charge < -0.3 is 10.4 Å². The molecule has 3 nitrogen and oxygen atoms in total. The van der Waals surface area contributed by atoms with Crippen molar-refractivity contribution in [2.75, 3.05) is 12.4 Å². The first-order valence-corrected chi connectivity index (χ1v) is 8.81. The number of aliphatic hydroxyl groups excluding tert-OH is 1. The number of benzene rings is 1. The van der Waals surface area contributed by atoms with Gasteiger partial charge in [0.2, 0.25) is 5.91 Å². The Morgan fingerprint density at radius 3 is 2.67 bits per heavy atom. The van der Waals surface area contributed by atoms with Gasteiger partial charge in [-0.1, -0.05) is 41.9 Å². The number of aliphatic hydroxyl groups is 1. The molecule has 2 N–H and O–H groups in total. The molecule has 1 heterocycles. The van der Waals surface area contributed by atoms with Gasteiger partial charge in [-0.05, 0) is 17.7 Å². The summed E-state index contributed by atoms with van der Waals surface area (Å²) in [6.45, 7) is -0.110. The SMILES string of the molecule is O=C(CSCc1ccc(Cl)s1)N[C@H](CO)c1ccccc1. The summed E-state index contributed by atoms with van der Waals surface area (Å²) in [5, 5.41) is 12.2. The minimum Gasteiger partial charge on any atom is -0.394 e. The van der Waals surface area contributed by atoms with Crippen molar-refractivity contribution in [1.29, 1.82) is 0 Å². The molecule has 1 atom stereocenters. The van der Waals surface area contributed by atoms with Crippen LogP contribution >= 0.6 is 34.7 Å². The second-order valence-electron chi connectivity index (χ2n) is 4.41. The molecular formula is C15H16ClNO2S2. The fourth-order valence-corrected chi connectivity index (χ4v) is 3.87. The smallest absolute Gasteiger partial charge is 0.230 e. The van der Waals surface area contributed by atoms with Crippen LogP contribution in [-0.2, 0) is 10.5 Å². The molecule has 0 unspecified atom stereocenters. The van der Waals surface area contributed by atoms with Crippen molar-refractivity contribution >= 4 is 40.6 Å². The van der Waals surface area contributed by atoms with Crippen molar-refractivity contribution in [3.63, 3.8) is 0 Å². The molecule has 0 fully saturated rings. The molecule has 2 rings (SSSR count). The van der Waals surface area contributed by atoms with Gasteiger partial charge in [0.05, 0.1) is 22.7 Å². The van der Waals surface area contributed by atoms with E-state index in [1.807, 2.05) is 42.5 Å². The third-order valence-corrected chi connectivity index (χ3v) is 5.22. The summed E-state index contributed by atoms with van der Waals surface area (Å²) in [4.78, 5) is 13.1. The number of thioether (sulfide) groups is 1. The van der Waals surface area contributed by atoms with Gasteiger partial charge in [-0.2, -0.15) is 0 Å². The van der Waals surface area contributed by atoms with Crippen LogP contribution in [0.5, 0.6) is 0 Å². The highest BCUT2D eigenvalue weighted by Crippen LogP contribution is 2.25. The number of carbonyl (C=O) groups is 1. The Morgan fingerprint density at radius 1 is 1.29 bits per heavy atom.